The molecule has 2 N–H and O–H groups in total. The lowest BCUT2D eigenvalue weighted by atomic mass is 10.1. The third-order valence-corrected chi connectivity index (χ3v) is 3.91. The lowest BCUT2D eigenvalue weighted by molar-refractivity contribution is -0.183. The normalized spacial score (nSPS) is 17.0. The van der Waals surface area contributed by atoms with Gasteiger partial charge in [0.25, 0.3) is 5.91 Å². The van der Waals surface area contributed by atoms with E-state index in [9.17, 15) is 22.4 Å². The number of nitrogens with one attached hydrogen (secondary N) is 2. The Balaban J connectivity index is 0.00000288. The van der Waals surface area contributed by atoms with Crippen molar-refractivity contribution in [1.82, 2.24) is 15.5 Å². The summed E-state index contributed by atoms with van der Waals surface area (Å²) in [7, 11) is 0. The van der Waals surface area contributed by atoms with Gasteiger partial charge in [-0.2, -0.15) is 13.2 Å². The molecular formula is C14H17Cl2F4N3O. The molecule has 1 aromatic carbocycles. The molecule has 1 aromatic rings. The van der Waals surface area contributed by atoms with Crippen LogP contribution in [0.25, 0.3) is 0 Å². The molecular weight excluding hydrogens is 373 g/mol. The molecule has 1 unspecified atom stereocenters. The van der Waals surface area contributed by atoms with E-state index >= 15 is 0 Å². The summed E-state index contributed by atoms with van der Waals surface area (Å²) >= 11 is 5.74. The molecule has 10 heteroatoms. The fourth-order valence-electron chi connectivity index (χ4n) is 2.40. The van der Waals surface area contributed by atoms with Gasteiger partial charge in [0.05, 0.1) is 10.6 Å². The van der Waals surface area contributed by atoms with Crippen LogP contribution in [0.5, 0.6) is 0 Å². The Morgan fingerprint density at radius 2 is 1.96 bits per heavy atom. The van der Waals surface area contributed by atoms with Gasteiger partial charge in [-0.05, 0) is 18.2 Å². The summed E-state index contributed by atoms with van der Waals surface area (Å²) in [6.45, 7) is 0.833. The van der Waals surface area contributed by atoms with Crippen molar-refractivity contribution in [2.75, 3.05) is 32.7 Å². The Labute approximate surface area is 147 Å². The summed E-state index contributed by atoms with van der Waals surface area (Å²) in [6.07, 6.45) is -4.46. The number of carbonyl (C=O) groups is 1. The minimum atomic E-state index is -4.46. The third kappa shape index (κ3) is 5.47. The second-order valence-electron chi connectivity index (χ2n) is 5.18. The fourth-order valence-corrected chi connectivity index (χ4v) is 2.66. The van der Waals surface area contributed by atoms with Crippen LogP contribution in [0.1, 0.15) is 10.4 Å². The van der Waals surface area contributed by atoms with E-state index in [2.05, 4.69) is 10.6 Å². The number of halogens is 6. The van der Waals surface area contributed by atoms with Gasteiger partial charge in [-0.25, -0.2) is 4.39 Å². The SMILES string of the molecule is Cl.O=C(NCC(N1CCNCC1)C(F)(F)F)c1ccc(F)cc1Cl. The molecule has 1 fully saturated rings. The van der Waals surface area contributed by atoms with Gasteiger partial charge in [0.2, 0.25) is 0 Å². The molecule has 1 heterocycles. The van der Waals surface area contributed by atoms with Gasteiger partial charge in [0.15, 0.2) is 0 Å². The van der Waals surface area contributed by atoms with Gasteiger partial charge in [0.1, 0.15) is 11.9 Å². The summed E-state index contributed by atoms with van der Waals surface area (Å²) in [5, 5.41) is 5.07. The molecule has 1 atom stereocenters. The highest BCUT2D eigenvalue weighted by Gasteiger charge is 2.43. The zero-order valence-corrected chi connectivity index (χ0v) is 14.1. The minimum Gasteiger partial charge on any atom is -0.350 e. The Morgan fingerprint density at radius 1 is 1.33 bits per heavy atom. The number of carbonyl (C=O) groups excluding carboxylic acids is 1. The van der Waals surface area contributed by atoms with Crippen molar-refractivity contribution < 1.29 is 22.4 Å². The van der Waals surface area contributed by atoms with Gasteiger partial charge < -0.3 is 10.6 Å². The first-order valence-corrected chi connectivity index (χ1v) is 7.41. The molecule has 1 saturated heterocycles. The number of amides is 1. The second kappa shape index (κ2) is 8.84. The number of benzene rings is 1. The van der Waals surface area contributed by atoms with Crippen LogP contribution < -0.4 is 10.6 Å². The maximum absolute atomic E-state index is 13.2. The average molecular weight is 390 g/mol. The van der Waals surface area contributed by atoms with Gasteiger partial charge >= 0.3 is 6.18 Å². The first kappa shape index (κ1) is 21.0. The monoisotopic (exact) mass is 389 g/mol. The summed E-state index contributed by atoms with van der Waals surface area (Å²) in [5.41, 5.74) is -0.0608. The number of piperazine rings is 1. The highest BCUT2D eigenvalue weighted by molar-refractivity contribution is 6.33. The molecule has 1 aliphatic rings. The zero-order valence-electron chi connectivity index (χ0n) is 12.5. The number of hydrogen-bond donors (Lipinski definition) is 2. The Hall–Kier alpha value is -1.09. The van der Waals surface area contributed by atoms with E-state index in [0.717, 1.165) is 18.2 Å². The van der Waals surface area contributed by atoms with E-state index in [1.807, 2.05) is 0 Å². The van der Waals surface area contributed by atoms with Crippen molar-refractivity contribution in [3.63, 3.8) is 0 Å². The van der Waals surface area contributed by atoms with Crippen molar-refractivity contribution in [3.05, 3.63) is 34.6 Å². The van der Waals surface area contributed by atoms with Gasteiger partial charge in [-0.1, -0.05) is 11.6 Å². The molecule has 136 valence electrons. The summed E-state index contributed by atoms with van der Waals surface area (Å²) in [4.78, 5) is 13.3. The lowest BCUT2D eigenvalue weighted by Gasteiger charge is -2.35. The van der Waals surface area contributed by atoms with Gasteiger partial charge in [-0.3, -0.25) is 9.69 Å². The standard InChI is InChI=1S/C14H16ClF4N3O.ClH/c15-11-7-9(16)1-2-10(11)13(23)21-8-12(14(17,18)19)22-5-3-20-4-6-22;/h1-2,7,12,20H,3-6,8H2,(H,21,23);1H. The average Bonchev–Trinajstić information content (AvgIpc) is 2.47. The van der Waals surface area contributed by atoms with Crippen molar-refractivity contribution >= 4 is 29.9 Å². The van der Waals surface area contributed by atoms with Crippen LogP contribution in [-0.4, -0.2) is 55.7 Å². The molecule has 1 aliphatic heterocycles. The predicted molar refractivity (Wildman–Crippen MR) is 85.3 cm³/mol. The second-order valence-corrected chi connectivity index (χ2v) is 5.58. The Bertz CT molecular complexity index is 565. The van der Waals surface area contributed by atoms with E-state index < -0.39 is 30.5 Å². The van der Waals surface area contributed by atoms with Crippen LogP contribution in [0.4, 0.5) is 17.6 Å². The highest BCUT2D eigenvalue weighted by atomic mass is 35.5. The summed E-state index contributed by atoms with van der Waals surface area (Å²) in [5.74, 6) is -1.39. The van der Waals surface area contributed by atoms with Gasteiger partial charge in [-0.15, -0.1) is 12.4 Å². The summed E-state index contributed by atoms with van der Waals surface area (Å²) < 4.78 is 52.5. The predicted octanol–water partition coefficient (Wildman–Crippen LogP) is 2.47. The lowest BCUT2D eigenvalue weighted by Crippen LogP contribution is -2.57. The Kier molecular flexibility index (Phi) is 7.72. The van der Waals surface area contributed by atoms with Crippen molar-refractivity contribution in [2.24, 2.45) is 0 Å². The third-order valence-electron chi connectivity index (χ3n) is 3.60. The molecule has 0 bridgehead atoms. The van der Waals surface area contributed by atoms with E-state index in [0.29, 0.717) is 13.1 Å². The molecule has 0 aromatic heterocycles. The van der Waals surface area contributed by atoms with Crippen molar-refractivity contribution in [3.8, 4) is 0 Å². The quantitative estimate of drug-likeness (QED) is 0.777. The van der Waals surface area contributed by atoms with Crippen LogP contribution in [-0.2, 0) is 0 Å². The molecule has 1 amide bonds. The van der Waals surface area contributed by atoms with E-state index in [1.54, 1.807) is 0 Å². The van der Waals surface area contributed by atoms with Crippen LogP contribution in [0.15, 0.2) is 18.2 Å². The van der Waals surface area contributed by atoms with E-state index in [1.165, 1.54) is 4.90 Å². The number of rotatable bonds is 4. The molecule has 0 spiro atoms. The van der Waals surface area contributed by atoms with Crippen LogP contribution in [0, 0.1) is 5.82 Å². The largest absolute Gasteiger partial charge is 0.405 e. The van der Waals surface area contributed by atoms with Crippen LogP contribution >= 0.6 is 24.0 Å². The maximum atomic E-state index is 13.2. The topological polar surface area (TPSA) is 44.4 Å². The van der Waals surface area contributed by atoms with Crippen molar-refractivity contribution in [1.29, 1.82) is 0 Å². The smallest absolute Gasteiger partial charge is 0.350 e. The van der Waals surface area contributed by atoms with Crippen LogP contribution in [0.3, 0.4) is 0 Å². The first-order chi connectivity index (χ1) is 10.8. The molecule has 4 nitrogen and oxygen atoms in total. The van der Waals surface area contributed by atoms with Gasteiger partial charge in [0, 0.05) is 32.7 Å². The highest BCUT2D eigenvalue weighted by Crippen LogP contribution is 2.25. The maximum Gasteiger partial charge on any atom is 0.405 e. The van der Waals surface area contributed by atoms with Crippen LogP contribution in [0.2, 0.25) is 5.02 Å². The summed E-state index contributed by atoms with van der Waals surface area (Å²) in [6, 6.07) is 1.33. The zero-order chi connectivity index (χ0) is 17.0. The fraction of sp³-hybridized carbons (Fsp3) is 0.500. The Morgan fingerprint density at radius 3 is 2.50 bits per heavy atom. The number of hydrogen-bond acceptors (Lipinski definition) is 3. The van der Waals surface area contributed by atoms with E-state index in [-0.39, 0.29) is 36.1 Å². The molecule has 0 aliphatic carbocycles. The molecule has 24 heavy (non-hydrogen) atoms. The number of alkyl halides is 3. The minimum absolute atomic E-state index is 0. The van der Waals surface area contributed by atoms with Crippen molar-refractivity contribution in [2.45, 2.75) is 12.2 Å². The molecule has 0 radical (unpaired) electrons. The molecule has 0 saturated carbocycles. The number of nitrogens with zero attached hydrogens (tertiary/aromatic N) is 1. The molecule has 2 rings (SSSR count). The first-order valence-electron chi connectivity index (χ1n) is 7.04. The van der Waals surface area contributed by atoms with E-state index in [4.69, 9.17) is 11.6 Å².